The summed E-state index contributed by atoms with van der Waals surface area (Å²) in [5.41, 5.74) is 4.69. The van der Waals surface area contributed by atoms with Crippen LogP contribution in [0.15, 0.2) is 78.9 Å². The molecule has 0 spiro atoms. The van der Waals surface area contributed by atoms with Crippen molar-refractivity contribution in [3.63, 3.8) is 0 Å². The number of carbonyl (C=O) groups excluding carboxylic acids is 1. The van der Waals surface area contributed by atoms with Gasteiger partial charge in [-0.25, -0.2) is 0 Å². The summed E-state index contributed by atoms with van der Waals surface area (Å²) >= 11 is 0. The molecule has 4 heteroatoms. The summed E-state index contributed by atoms with van der Waals surface area (Å²) in [6.07, 6.45) is 5.60. The van der Waals surface area contributed by atoms with Crippen LogP contribution in [0.1, 0.15) is 42.6 Å². The number of benzene rings is 3. The molecule has 5 rings (SSSR count). The van der Waals surface area contributed by atoms with Crippen LogP contribution < -0.4 is 4.74 Å². The zero-order valence-corrected chi connectivity index (χ0v) is 20.0. The van der Waals surface area contributed by atoms with Crippen LogP contribution in [-0.2, 0) is 13.1 Å². The number of aryl methyl sites for hydroxylation is 1. The Morgan fingerprint density at radius 1 is 0.971 bits per heavy atom. The highest BCUT2D eigenvalue weighted by Gasteiger charge is 2.21. The normalized spacial score (nSPS) is 15.5. The van der Waals surface area contributed by atoms with Crippen molar-refractivity contribution in [3.8, 4) is 5.75 Å². The number of piperidine rings is 1. The molecule has 0 bridgehead atoms. The Balaban J connectivity index is 1.21. The molecule has 1 fully saturated rings. The molecule has 4 aromatic rings. The predicted octanol–water partition coefficient (Wildman–Crippen LogP) is 6.62. The predicted molar refractivity (Wildman–Crippen MR) is 140 cm³/mol. The van der Waals surface area contributed by atoms with Gasteiger partial charge in [0.1, 0.15) is 11.9 Å². The van der Waals surface area contributed by atoms with Crippen molar-refractivity contribution in [1.82, 2.24) is 9.47 Å². The monoisotopic (exact) mass is 452 g/mol. The highest BCUT2D eigenvalue weighted by atomic mass is 16.5. The standard InChI is InChI=1S/C30H32N2O2/c1-3-7-30(33)23-11-13-24(14-12-23)34-25-16-18-31(19-17-25)21-22-10-15-29-27(20-22)26-8-5-6-9-28(26)32(29)4-2/h3,5-15,20,25H,4,16-19,21H2,1-2H3. The molecule has 1 saturated heterocycles. The Hall–Kier alpha value is -3.37. The molecule has 0 saturated carbocycles. The molecule has 1 aliphatic rings. The van der Waals surface area contributed by atoms with Gasteiger partial charge in [0, 0.05) is 53.5 Å². The molecule has 174 valence electrons. The maximum atomic E-state index is 12.0. The number of likely N-dealkylation sites (tertiary alicyclic amines) is 1. The number of hydrogen-bond acceptors (Lipinski definition) is 3. The van der Waals surface area contributed by atoms with Crippen LogP contribution in [0.5, 0.6) is 5.75 Å². The molecule has 0 N–H and O–H groups in total. The number of para-hydroxylation sites is 1. The van der Waals surface area contributed by atoms with Gasteiger partial charge in [-0.05, 0) is 80.8 Å². The van der Waals surface area contributed by atoms with Crippen molar-refractivity contribution < 1.29 is 9.53 Å². The van der Waals surface area contributed by atoms with E-state index in [-0.39, 0.29) is 11.9 Å². The molecule has 0 radical (unpaired) electrons. The number of aromatic nitrogens is 1. The first-order valence-electron chi connectivity index (χ1n) is 12.3. The van der Waals surface area contributed by atoms with E-state index < -0.39 is 0 Å². The highest BCUT2D eigenvalue weighted by molar-refractivity contribution is 6.08. The van der Waals surface area contributed by atoms with Gasteiger partial charge in [0.15, 0.2) is 5.78 Å². The van der Waals surface area contributed by atoms with Gasteiger partial charge in [-0.15, -0.1) is 0 Å². The first kappa shape index (κ1) is 22.4. The minimum Gasteiger partial charge on any atom is -0.490 e. The lowest BCUT2D eigenvalue weighted by molar-refractivity contribution is 0.0968. The van der Waals surface area contributed by atoms with E-state index in [2.05, 4.69) is 58.9 Å². The SMILES string of the molecule is CC=CC(=O)c1ccc(OC2CCN(Cc3ccc4c(c3)c3ccccc3n4CC)CC2)cc1. The summed E-state index contributed by atoms with van der Waals surface area (Å²) in [5.74, 6) is 0.869. The zero-order valence-electron chi connectivity index (χ0n) is 20.0. The summed E-state index contributed by atoms with van der Waals surface area (Å²) in [6, 6.07) is 23.2. The lowest BCUT2D eigenvalue weighted by atomic mass is 10.0. The highest BCUT2D eigenvalue weighted by Crippen LogP contribution is 2.30. The van der Waals surface area contributed by atoms with Gasteiger partial charge in [-0.2, -0.15) is 0 Å². The molecule has 0 aliphatic carbocycles. The average molecular weight is 453 g/mol. The first-order chi connectivity index (χ1) is 16.7. The summed E-state index contributed by atoms with van der Waals surface area (Å²) in [5, 5.41) is 2.69. The van der Waals surface area contributed by atoms with E-state index in [4.69, 9.17) is 4.74 Å². The molecule has 1 aliphatic heterocycles. The third-order valence-corrected chi connectivity index (χ3v) is 6.85. The van der Waals surface area contributed by atoms with E-state index >= 15 is 0 Å². The van der Waals surface area contributed by atoms with Crippen LogP contribution in [0.4, 0.5) is 0 Å². The largest absolute Gasteiger partial charge is 0.490 e. The van der Waals surface area contributed by atoms with E-state index in [1.807, 2.05) is 31.2 Å². The Kier molecular flexibility index (Phi) is 6.50. The third-order valence-electron chi connectivity index (χ3n) is 6.85. The summed E-state index contributed by atoms with van der Waals surface area (Å²) in [7, 11) is 0. The summed E-state index contributed by atoms with van der Waals surface area (Å²) < 4.78 is 8.61. The summed E-state index contributed by atoms with van der Waals surface area (Å²) in [6.45, 7) is 8.06. The summed E-state index contributed by atoms with van der Waals surface area (Å²) in [4.78, 5) is 14.5. The molecule has 4 nitrogen and oxygen atoms in total. The van der Waals surface area contributed by atoms with Gasteiger partial charge in [-0.1, -0.05) is 30.3 Å². The number of nitrogens with zero attached hydrogens (tertiary/aromatic N) is 2. The van der Waals surface area contributed by atoms with Crippen LogP contribution in [0.3, 0.4) is 0 Å². The van der Waals surface area contributed by atoms with Crippen molar-refractivity contribution in [2.45, 2.75) is 45.9 Å². The molecule has 0 unspecified atom stereocenters. The van der Waals surface area contributed by atoms with Crippen molar-refractivity contribution >= 4 is 27.6 Å². The molecular weight excluding hydrogens is 420 g/mol. The zero-order chi connectivity index (χ0) is 23.5. The van der Waals surface area contributed by atoms with E-state index in [0.717, 1.165) is 44.8 Å². The quantitative estimate of drug-likeness (QED) is 0.234. The van der Waals surface area contributed by atoms with Gasteiger partial charge in [-0.3, -0.25) is 9.69 Å². The van der Waals surface area contributed by atoms with E-state index in [9.17, 15) is 4.79 Å². The Morgan fingerprint density at radius 3 is 2.44 bits per heavy atom. The first-order valence-corrected chi connectivity index (χ1v) is 12.3. The van der Waals surface area contributed by atoms with Crippen molar-refractivity contribution in [2.75, 3.05) is 13.1 Å². The number of allylic oxidation sites excluding steroid dienone is 2. The van der Waals surface area contributed by atoms with Crippen LogP contribution in [-0.4, -0.2) is 34.4 Å². The number of carbonyl (C=O) groups is 1. The Morgan fingerprint density at radius 2 is 1.71 bits per heavy atom. The van der Waals surface area contributed by atoms with Crippen molar-refractivity contribution in [2.24, 2.45) is 0 Å². The Labute approximate surface area is 201 Å². The topological polar surface area (TPSA) is 34.5 Å². The van der Waals surface area contributed by atoms with E-state index in [1.54, 1.807) is 12.2 Å². The van der Waals surface area contributed by atoms with E-state index in [1.165, 1.54) is 27.4 Å². The molecule has 0 amide bonds. The molecule has 34 heavy (non-hydrogen) atoms. The van der Waals surface area contributed by atoms with Crippen molar-refractivity contribution in [1.29, 1.82) is 0 Å². The second-order valence-electron chi connectivity index (χ2n) is 9.09. The lowest BCUT2D eigenvalue weighted by Crippen LogP contribution is -2.37. The smallest absolute Gasteiger partial charge is 0.185 e. The van der Waals surface area contributed by atoms with Crippen LogP contribution >= 0.6 is 0 Å². The Bertz CT molecular complexity index is 1330. The molecular formula is C30H32N2O2. The lowest BCUT2D eigenvalue weighted by Gasteiger charge is -2.32. The fourth-order valence-corrected chi connectivity index (χ4v) is 5.12. The molecule has 1 aromatic heterocycles. The minimum absolute atomic E-state index is 0.0276. The van der Waals surface area contributed by atoms with Gasteiger partial charge >= 0.3 is 0 Å². The number of ketones is 1. The number of hydrogen-bond donors (Lipinski definition) is 0. The maximum absolute atomic E-state index is 12.0. The minimum atomic E-state index is 0.0276. The fourth-order valence-electron chi connectivity index (χ4n) is 5.12. The number of ether oxygens (including phenoxy) is 1. The van der Waals surface area contributed by atoms with Gasteiger partial charge in [0.2, 0.25) is 0 Å². The molecule has 2 heterocycles. The van der Waals surface area contributed by atoms with Gasteiger partial charge in [0.25, 0.3) is 0 Å². The van der Waals surface area contributed by atoms with Crippen LogP contribution in [0, 0.1) is 0 Å². The van der Waals surface area contributed by atoms with Gasteiger partial charge < -0.3 is 9.30 Å². The van der Waals surface area contributed by atoms with Crippen LogP contribution in [0.25, 0.3) is 21.8 Å². The molecule has 3 aromatic carbocycles. The van der Waals surface area contributed by atoms with E-state index in [0.29, 0.717) is 5.56 Å². The second-order valence-corrected chi connectivity index (χ2v) is 9.09. The third kappa shape index (κ3) is 4.51. The van der Waals surface area contributed by atoms with Crippen LogP contribution in [0.2, 0.25) is 0 Å². The second kappa shape index (κ2) is 9.86. The van der Waals surface area contributed by atoms with Gasteiger partial charge in [0.05, 0.1) is 0 Å². The molecule has 0 atom stereocenters. The fraction of sp³-hybridized carbons (Fsp3) is 0.300. The van der Waals surface area contributed by atoms with Crippen molar-refractivity contribution in [3.05, 3.63) is 90.0 Å². The number of fused-ring (bicyclic) bond motifs is 3. The maximum Gasteiger partial charge on any atom is 0.185 e. The number of rotatable bonds is 7. The average Bonchev–Trinajstić information content (AvgIpc) is 3.19.